The molecule has 19 heavy (non-hydrogen) atoms. The molecule has 0 unspecified atom stereocenters. The lowest BCUT2D eigenvalue weighted by Crippen LogP contribution is -2.32. The van der Waals surface area contributed by atoms with E-state index in [2.05, 4.69) is 22.3 Å². The topological polar surface area (TPSA) is 64.4 Å². The molecule has 104 valence electrons. The van der Waals surface area contributed by atoms with E-state index in [1.165, 1.54) is 0 Å². The summed E-state index contributed by atoms with van der Waals surface area (Å²) < 4.78 is 10.1. The van der Waals surface area contributed by atoms with Gasteiger partial charge in [0.15, 0.2) is 0 Å². The number of nitrogens with zero attached hydrogens (tertiary/aromatic N) is 1. The van der Waals surface area contributed by atoms with Gasteiger partial charge in [0.2, 0.25) is 0 Å². The van der Waals surface area contributed by atoms with E-state index in [1.54, 1.807) is 0 Å². The van der Waals surface area contributed by atoms with Crippen LogP contribution in [0.3, 0.4) is 0 Å². The summed E-state index contributed by atoms with van der Waals surface area (Å²) in [5.74, 6) is 6.67. The maximum atomic E-state index is 11.4. The van der Waals surface area contributed by atoms with E-state index in [0.717, 1.165) is 11.3 Å². The van der Waals surface area contributed by atoms with Crippen LogP contribution in [0, 0.1) is 25.7 Å². The van der Waals surface area contributed by atoms with Gasteiger partial charge < -0.3 is 14.6 Å². The molecule has 0 radical (unpaired) electrons. The van der Waals surface area contributed by atoms with Crippen LogP contribution >= 0.6 is 0 Å². The zero-order valence-electron chi connectivity index (χ0n) is 12.1. The number of ether oxygens (including phenoxy) is 1. The fraction of sp³-hybridized carbons (Fsp3) is 0.571. The van der Waals surface area contributed by atoms with Crippen molar-refractivity contribution in [3.8, 4) is 11.8 Å². The van der Waals surface area contributed by atoms with E-state index in [-0.39, 0.29) is 0 Å². The highest BCUT2D eigenvalue weighted by Crippen LogP contribution is 2.09. The maximum absolute atomic E-state index is 11.4. The Morgan fingerprint density at radius 3 is 2.63 bits per heavy atom. The van der Waals surface area contributed by atoms with Crippen LogP contribution in [0.1, 0.15) is 44.2 Å². The van der Waals surface area contributed by atoms with Crippen molar-refractivity contribution >= 4 is 6.09 Å². The molecule has 1 heterocycles. The van der Waals surface area contributed by atoms with E-state index >= 15 is 0 Å². The first-order valence-corrected chi connectivity index (χ1v) is 6.18. The van der Waals surface area contributed by atoms with Gasteiger partial charge in [-0.3, -0.25) is 0 Å². The minimum atomic E-state index is -0.480. The van der Waals surface area contributed by atoms with Crippen molar-refractivity contribution in [2.75, 3.05) is 6.54 Å². The molecule has 1 amide bonds. The third-order valence-electron chi connectivity index (χ3n) is 2.16. The Morgan fingerprint density at radius 1 is 1.42 bits per heavy atom. The molecule has 5 nitrogen and oxygen atoms in total. The van der Waals surface area contributed by atoms with Crippen LogP contribution in [0.5, 0.6) is 0 Å². The Kier molecular flexibility index (Phi) is 4.99. The zero-order chi connectivity index (χ0) is 14.5. The predicted molar refractivity (Wildman–Crippen MR) is 71.7 cm³/mol. The number of hydrogen-bond donors (Lipinski definition) is 1. The quantitative estimate of drug-likeness (QED) is 0.658. The Balaban J connectivity index is 2.35. The number of hydrogen-bond acceptors (Lipinski definition) is 4. The number of rotatable bonds is 2. The van der Waals surface area contributed by atoms with Crippen LogP contribution < -0.4 is 5.32 Å². The molecule has 0 saturated carbocycles. The van der Waals surface area contributed by atoms with E-state index in [9.17, 15) is 4.79 Å². The standard InChI is InChI=1S/C14H20N2O3/c1-10-12(11(2)19-16-10)8-6-7-9-15-13(17)18-14(3,4)5/h7,9H2,1-5H3,(H,15,17). The molecule has 0 bridgehead atoms. The number of carbonyl (C=O) groups excluding carboxylic acids is 1. The highest BCUT2D eigenvalue weighted by atomic mass is 16.6. The van der Waals surface area contributed by atoms with Crippen LogP contribution in [0.25, 0.3) is 0 Å². The number of nitrogens with one attached hydrogen (secondary N) is 1. The first-order chi connectivity index (χ1) is 8.79. The molecule has 1 rings (SSSR count). The second kappa shape index (κ2) is 6.28. The Labute approximate surface area is 113 Å². The fourth-order valence-corrected chi connectivity index (χ4v) is 1.35. The van der Waals surface area contributed by atoms with Gasteiger partial charge in [0, 0.05) is 13.0 Å². The monoisotopic (exact) mass is 264 g/mol. The van der Waals surface area contributed by atoms with Gasteiger partial charge in [0.05, 0.1) is 11.3 Å². The third-order valence-corrected chi connectivity index (χ3v) is 2.16. The fourth-order valence-electron chi connectivity index (χ4n) is 1.35. The predicted octanol–water partition coefficient (Wildman–Crippen LogP) is 2.56. The lowest BCUT2D eigenvalue weighted by Gasteiger charge is -2.19. The molecule has 0 aliphatic heterocycles. The largest absolute Gasteiger partial charge is 0.444 e. The van der Waals surface area contributed by atoms with Crippen LogP contribution in [0.4, 0.5) is 4.79 Å². The van der Waals surface area contributed by atoms with Crippen LogP contribution in [0.2, 0.25) is 0 Å². The smallest absolute Gasteiger partial charge is 0.407 e. The molecule has 1 N–H and O–H groups in total. The van der Waals surface area contributed by atoms with Gasteiger partial charge in [-0.05, 0) is 34.6 Å². The molecule has 0 saturated heterocycles. The van der Waals surface area contributed by atoms with Crippen LogP contribution in [-0.4, -0.2) is 23.4 Å². The van der Waals surface area contributed by atoms with Crippen LogP contribution in [-0.2, 0) is 4.74 Å². The summed E-state index contributed by atoms with van der Waals surface area (Å²) in [6.45, 7) is 9.59. The summed E-state index contributed by atoms with van der Waals surface area (Å²) in [5, 5.41) is 6.46. The molecule has 0 fully saturated rings. The molecule has 0 aliphatic rings. The number of alkyl carbamates (subject to hydrolysis) is 1. The summed E-state index contributed by atoms with van der Waals surface area (Å²) >= 11 is 0. The molecule has 0 aliphatic carbocycles. The highest BCUT2D eigenvalue weighted by Gasteiger charge is 2.15. The van der Waals surface area contributed by atoms with Crippen molar-refractivity contribution < 1.29 is 14.1 Å². The van der Waals surface area contributed by atoms with Gasteiger partial charge in [0.1, 0.15) is 11.4 Å². The Bertz CT molecular complexity index is 481. The van der Waals surface area contributed by atoms with Crippen molar-refractivity contribution in [3.63, 3.8) is 0 Å². The number of aromatic nitrogens is 1. The van der Waals surface area contributed by atoms with Gasteiger partial charge in [-0.2, -0.15) is 0 Å². The normalized spacial score (nSPS) is 10.6. The molecule has 1 aromatic rings. The lowest BCUT2D eigenvalue weighted by atomic mass is 10.2. The second-order valence-electron chi connectivity index (χ2n) is 5.18. The summed E-state index contributed by atoms with van der Waals surface area (Å²) in [4.78, 5) is 11.4. The minimum absolute atomic E-state index is 0.424. The number of aryl methyl sites for hydroxylation is 2. The minimum Gasteiger partial charge on any atom is -0.444 e. The summed E-state index contributed by atoms with van der Waals surface area (Å²) in [6.07, 6.45) is 0.121. The number of amides is 1. The van der Waals surface area contributed by atoms with E-state index < -0.39 is 11.7 Å². The molecule has 0 atom stereocenters. The SMILES string of the molecule is Cc1noc(C)c1C#CCCNC(=O)OC(C)(C)C. The molecule has 0 spiro atoms. The first kappa shape index (κ1) is 15.1. The van der Waals surface area contributed by atoms with Crippen LogP contribution in [0.15, 0.2) is 4.52 Å². The first-order valence-electron chi connectivity index (χ1n) is 6.18. The van der Waals surface area contributed by atoms with Crippen molar-refractivity contribution in [1.82, 2.24) is 10.5 Å². The average molecular weight is 264 g/mol. The van der Waals surface area contributed by atoms with Crippen molar-refractivity contribution in [2.45, 2.75) is 46.6 Å². The zero-order valence-corrected chi connectivity index (χ0v) is 12.1. The Hall–Kier alpha value is -1.96. The van der Waals surface area contributed by atoms with Gasteiger partial charge in [-0.15, -0.1) is 0 Å². The van der Waals surface area contributed by atoms with Gasteiger partial charge >= 0.3 is 6.09 Å². The van der Waals surface area contributed by atoms with Gasteiger partial charge in [0.25, 0.3) is 0 Å². The molecule has 1 aromatic heterocycles. The van der Waals surface area contributed by atoms with Crippen molar-refractivity contribution in [1.29, 1.82) is 0 Å². The van der Waals surface area contributed by atoms with E-state index in [4.69, 9.17) is 9.26 Å². The van der Waals surface area contributed by atoms with Crippen molar-refractivity contribution in [3.05, 3.63) is 17.0 Å². The molecular weight excluding hydrogens is 244 g/mol. The molecule has 0 aromatic carbocycles. The van der Waals surface area contributed by atoms with E-state index in [0.29, 0.717) is 18.7 Å². The number of carbonyl (C=O) groups is 1. The summed E-state index contributed by atoms with van der Waals surface area (Å²) in [6, 6.07) is 0. The third kappa shape index (κ3) is 5.47. The lowest BCUT2D eigenvalue weighted by molar-refractivity contribution is 0.0529. The maximum Gasteiger partial charge on any atom is 0.407 e. The molecule has 5 heteroatoms. The van der Waals surface area contributed by atoms with Gasteiger partial charge in [-0.25, -0.2) is 4.79 Å². The highest BCUT2D eigenvalue weighted by molar-refractivity contribution is 5.67. The average Bonchev–Trinajstić information content (AvgIpc) is 2.57. The summed E-state index contributed by atoms with van der Waals surface area (Å²) in [7, 11) is 0. The molecular formula is C14H20N2O3. The second-order valence-corrected chi connectivity index (χ2v) is 5.18. The van der Waals surface area contributed by atoms with Crippen molar-refractivity contribution in [2.24, 2.45) is 0 Å². The van der Waals surface area contributed by atoms with E-state index in [1.807, 2.05) is 34.6 Å². The van der Waals surface area contributed by atoms with Gasteiger partial charge in [-0.1, -0.05) is 17.0 Å². The Morgan fingerprint density at radius 2 is 2.11 bits per heavy atom. The summed E-state index contributed by atoms with van der Waals surface area (Å²) in [5.41, 5.74) is 1.12.